The molecule has 502 valence electrons. The number of esters is 2. The number of aldehydes is 1. The van der Waals surface area contributed by atoms with Crippen molar-refractivity contribution < 1.29 is 88.6 Å². The number of unbranched alkanes of at least 4 members (excludes halogenated alkanes) is 4. The van der Waals surface area contributed by atoms with E-state index < -0.39 is 79.7 Å². The van der Waals surface area contributed by atoms with Crippen molar-refractivity contribution in [3.8, 4) is 11.5 Å². The van der Waals surface area contributed by atoms with Crippen molar-refractivity contribution in [1.29, 1.82) is 0 Å². The molecule has 0 saturated heterocycles. The second kappa shape index (κ2) is 41.4. The minimum atomic E-state index is -3.44. The van der Waals surface area contributed by atoms with Crippen LogP contribution in [0.25, 0.3) is 0 Å². The summed E-state index contributed by atoms with van der Waals surface area (Å²) < 4.78 is 104. The van der Waals surface area contributed by atoms with Crippen LogP contribution in [0.2, 0.25) is 0 Å². The summed E-state index contributed by atoms with van der Waals surface area (Å²) in [5, 5.41) is 0. The molecule has 1 unspecified atom stereocenters. The molecule has 15 nitrogen and oxygen atoms in total. The van der Waals surface area contributed by atoms with Gasteiger partial charge >= 0.3 is 23.8 Å². The van der Waals surface area contributed by atoms with E-state index in [4.69, 9.17) is 28.4 Å². The highest BCUT2D eigenvalue weighted by Gasteiger charge is 2.44. The molecule has 2 saturated carbocycles. The molecule has 0 heterocycles. The Hall–Kier alpha value is -7.18. The molecule has 2 aliphatic rings. The van der Waals surface area contributed by atoms with Gasteiger partial charge in [0.25, 0.3) is 0 Å². The minimum Gasteiger partial charge on any atom is -0.497 e. The predicted molar refractivity (Wildman–Crippen MR) is 344 cm³/mol. The van der Waals surface area contributed by atoms with Crippen LogP contribution in [-0.4, -0.2) is 99.6 Å². The Labute approximate surface area is 539 Å². The molecular formula is C72H91F4O15P. The van der Waals surface area contributed by atoms with Gasteiger partial charge in [-0.3, -0.25) is 33.3 Å². The first-order valence-electron chi connectivity index (χ1n) is 31.4. The lowest BCUT2D eigenvalue weighted by Gasteiger charge is -2.21. The Kier molecular flexibility index (Phi) is 34.8. The Morgan fingerprint density at radius 2 is 0.967 bits per heavy atom. The topological polar surface area (TPSA) is 201 Å². The van der Waals surface area contributed by atoms with E-state index in [9.17, 15) is 55.7 Å². The van der Waals surface area contributed by atoms with Gasteiger partial charge < -0.3 is 37.7 Å². The number of halogens is 4. The number of ether oxygens (including phenoxy) is 6. The molecule has 0 radical (unpaired) electrons. The van der Waals surface area contributed by atoms with E-state index >= 15 is 0 Å². The lowest BCUT2D eigenvalue weighted by molar-refractivity contribution is -0.145. The van der Waals surface area contributed by atoms with Crippen LogP contribution >= 0.6 is 7.37 Å². The zero-order chi connectivity index (χ0) is 67.4. The summed E-state index contributed by atoms with van der Waals surface area (Å²) in [7, 11) is 1.15. The number of hydrogen-bond donors (Lipinski definition) is 0. The zero-order valence-electron chi connectivity index (χ0n) is 53.8. The Bertz CT molecular complexity index is 3030. The third kappa shape index (κ3) is 28.4. The van der Waals surface area contributed by atoms with Crippen molar-refractivity contribution in [3.63, 3.8) is 0 Å². The largest absolute Gasteiger partial charge is 0.497 e. The number of methoxy groups -OCH3 is 2. The molecule has 0 aromatic heterocycles. The van der Waals surface area contributed by atoms with Crippen molar-refractivity contribution in [2.75, 3.05) is 34.2 Å². The van der Waals surface area contributed by atoms with Gasteiger partial charge in [-0.2, -0.15) is 17.6 Å². The van der Waals surface area contributed by atoms with Crippen molar-refractivity contribution in [2.24, 2.45) is 23.7 Å². The monoisotopic (exact) mass is 1300 g/mol. The molecule has 2 fully saturated rings. The van der Waals surface area contributed by atoms with Crippen LogP contribution in [0.15, 0.2) is 146 Å². The summed E-state index contributed by atoms with van der Waals surface area (Å²) in [4.78, 5) is 84.6. The van der Waals surface area contributed by atoms with Crippen LogP contribution in [0.5, 0.6) is 11.5 Å². The number of Topliss-reactive ketones (excluding diaryl/α,β-unsaturated/α-hetero) is 3. The number of ketones is 4. The fourth-order valence-electron chi connectivity index (χ4n) is 10.0. The molecule has 0 bridgehead atoms. The van der Waals surface area contributed by atoms with Crippen LogP contribution in [0.3, 0.4) is 0 Å². The van der Waals surface area contributed by atoms with Gasteiger partial charge in [0.2, 0.25) is 18.9 Å². The molecule has 4 aromatic rings. The van der Waals surface area contributed by atoms with Gasteiger partial charge in [0.1, 0.15) is 42.6 Å². The fraction of sp³-hybridized carbons (Fsp3) is 0.486. The third-order valence-electron chi connectivity index (χ3n) is 15.7. The van der Waals surface area contributed by atoms with Crippen molar-refractivity contribution in [3.05, 3.63) is 168 Å². The van der Waals surface area contributed by atoms with Crippen molar-refractivity contribution in [2.45, 2.75) is 167 Å². The molecule has 4 aromatic carbocycles. The quantitative estimate of drug-likeness (QED) is 0.00779. The molecule has 0 spiro atoms. The van der Waals surface area contributed by atoms with E-state index in [0.29, 0.717) is 70.1 Å². The Morgan fingerprint density at radius 1 is 0.554 bits per heavy atom. The molecule has 92 heavy (non-hydrogen) atoms. The van der Waals surface area contributed by atoms with Crippen LogP contribution in [0, 0.1) is 23.7 Å². The van der Waals surface area contributed by atoms with E-state index in [1.54, 1.807) is 28.1 Å². The molecular weight excluding hydrogens is 1210 g/mol. The number of hydrogen-bond acceptors (Lipinski definition) is 15. The molecule has 2 aliphatic carbocycles. The van der Waals surface area contributed by atoms with Crippen LogP contribution in [0.1, 0.15) is 139 Å². The van der Waals surface area contributed by atoms with E-state index in [0.717, 1.165) is 47.5 Å². The van der Waals surface area contributed by atoms with E-state index in [2.05, 4.69) is 4.52 Å². The van der Waals surface area contributed by atoms with Gasteiger partial charge in [-0.25, -0.2) is 0 Å². The van der Waals surface area contributed by atoms with Crippen molar-refractivity contribution >= 4 is 48.7 Å². The smallest absolute Gasteiger partial charge is 0.309 e. The Balaban J connectivity index is 0.000000327. The second-order valence-electron chi connectivity index (χ2n) is 22.8. The molecule has 0 amide bonds. The summed E-state index contributed by atoms with van der Waals surface area (Å²) >= 11 is 0. The second-order valence-corrected chi connectivity index (χ2v) is 25.6. The van der Waals surface area contributed by atoms with E-state index in [-0.39, 0.29) is 81.3 Å². The number of allylic oxidation sites excluding steroid dienone is 5. The minimum absolute atomic E-state index is 0.0336. The fourth-order valence-corrected chi connectivity index (χ4v) is 10.9. The third-order valence-corrected chi connectivity index (χ3v) is 17.3. The predicted octanol–water partition coefficient (Wildman–Crippen LogP) is 15.4. The van der Waals surface area contributed by atoms with Gasteiger partial charge in [0, 0.05) is 70.1 Å². The highest BCUT2D eigenvalue weighted by molar-refractivity contribution is 7.59. The van der Waals surface area contributed by atoms with Crippen molar-refractivity contribution in [1.82, 2.24) is 0 Å². The first-order chi connectivity index (χ1) is 44.1. The molecule has 6 rings (SSSR count). The summed E-state index contributed by atoms with van der Waals surface area (Å²) in [6.07, 6.45) is 14.5. The summed E-state index contributed by atoms with van der Waals surface area (Å²) in [5.74, 6) is -10.2. The lowest BCUT2D eigenvalue weighted by Crippen LogP contribution is -2.31. The standard InChI is InChI=1S/C35H42F2O6.C28H32O6.C9H17F2O3P/c1-3-4-22-35(36,37)33(39)21-20-30-29(31(38)23-32(30)42-24-27-16-18-28(41-2)19-17-27)14-10-5-6-11-15-34(40)43-25-26-12-8-7-9-13-26;1-32-23-15-13-22(14-16-23)19-33-27-17-26(30)24(25(27)18-29)11-7-2-3-8-12-28(31)34-20-21-9-5-4-6-10-21;1-4-5-6-9(10,11)8(12)7-15(3,13)14-2/h5,7-10,12-13,16-21,29-30,32H,3-4,6,11,14-15,22-25H2,1-2H3;2,4-7,9-10,13-16,18,24-25,27H,3,8,11-12,17,19-20H2,1H3;4-7H2,1-3H3/b10-5-,21-20+;7-2-;/t29-,30-,32-;24-,25-,27-;/m11./s1. The summed E-state index contributed by atoms with van der Waals surface area (Å²) in [6, 6.07) is 33.9. The SMILES string of the molecule is CCCCC(F)(F)C(=O)/C=C/[C@H]1[C@H](OCc2ccc(OC)cc2)CC(=O)[C@@H]1C/C=C\CCCC(=O)OCc1ccccc1.CCCCC(F)(F)C(=O)CP(C)(=O)OC.COc1ccc(CO[C@@H]2CC(=O)[C@H](C/C=C\CCCC(=O)OCc3ccccc3)[C@H]2C=O)cc1. The van der Waals surface area contributed by atoms with E-state index in [1.807, 2.05) is 133 Å². The van der Waals surface area contributed by atoms with Crippen LogP contribution in [-0.2, 0) is 88.0 Å². The van der Waals surface area contributed by atoms with Crippen LogP contribution in [0.4, 0.5) is 17.6 Å². The van der Waals surface area contributed by atoms with Gasteiger partial charge in [0.15, 0.2) is 0 Å². The maximum absolute atomic E-state index is 14.3. The normalized spacial score (nSPS) is 18.8. The number of carbonyl (C=O) groups is 7. The van der Waals surface area contributed by atoms with Gasteiger partial charge in [-0.1, -0.05) is 142 Å². The summed E-state index contributed by atoms with van der Waals surface area (Å²) in [6.45, 7) is 5.84. The highest BCUT2D eigenvalue weighted by atomic mass is 31.2. The number of rotatable bonds is 38. The summed E-state index contributed by atoms with van der Waals surface area (Å²) in [5.41, 5.74) is 3.73. The van der Waals surface area contributed by atoms with Gasteiger partial charge in [-0.05, 0) is 104 Å². The zero-order valence-corrected chi connectivity index (χ0v) is 54.7. The molecule has 20 heteroatoms. The average molecular weight is 1300 g/mol. The molecule has 0 aliphatic heterocycles. The highest BCUT2D eigenvalue weighted by Crippen LogP contribution is 2.43. The molecule has 0 N–H and O–H groups in total. The number of alkyl halides is 4. The first-order valence-corrected chi connectivity index (χ1v) is 33.7. The lowest BCUT2D eigenvalue weighted by atomic mass is 9.90. The maximum atomic E-state index is 14.3. The van der Waals surface area contributed by atoms with Crippen LogP contribution < -0.4 is 9.47 Å². The Morgan fingerprint density at radius 3 is 1.38 bits per heavy atom. The average Bonchev–Trinajstić information content (AvgIpc) is 1.72. The maximum Gasteiger partial charge on any atom is 0.309 e. The molecule has 7 atom stereocenters. The van der Waals surface area contributed by atoms with E-state index in [1.165, 1.54) is 12.7 Å². The number of benzene rings is 4. The number of carbonyl (C=O) groups excluding carboxylic acids is 7. The first kappa shape index (κ1) is 77.3. The van der Waals surface area contributed by atoms with Gasteiger partial charge in [0.05, 0.1) is 51.7 Å². The van der Waals surface area contributed by atoms with Gasteiger partial charge in [-0.15, -0.1) is 0 Å².